The molecule has 7 nitrogen and oxygen atoms in total. The zero-order chi connectivity index (χ0) is 17.1. The second-order valence-corrected chi connectivity index (χ2v) is 5.92. The van der Waals surface area contributed by atoms with Gasteiger partial charge in [-0.3, -0.25) is 0 Å². The minimum atomic E-state index is -0.652. The van der Waals surface area contributed by atoms with Crippen molar-refractivity contribution in [1.29, 1.82) is 0 Å². The first-order valence-corrected chi connectivity index (χ1v) is 8.23. The molecule has 1 amide bonds. The summed E-state index contributed by atoms with van der Waals surface area (Å²) in [5, 5.41) is 7.46. The lowest BCUT2D eigenvalue weighted by Gasteiger charge is -2.32. The summed E-state index contributed by atoms with van der Waals surface area (Å²) in [5.74, 6) is -0.412. The molecule has 0 spiro atoms. The van der Waals surface area contributed by atoms with Crippen LogP contribution in [0.15, 0.2) is 29.1 Å². The van der Waals surface area contributed by atoms with Gasteiger partial charge in [-0.15, -0.1) is 4.68 Å². The number of halogens is 1. The molecular weight excluding hydrogens is 313 g/mol. The van der Waals surface area contributed by atoms with E-state index in [4.69, 9.17) is 0 Å². The van der Waals surface area contributed by atoms with Crippen LogP contribution in [0, 0.1) is 5.82 Å². The van der Waals surface area contributed by atoms with Gasteiger partial charge >= 0.3 is 11.7 Å². The van der Waals surface area contributed by atoms with E-state index in [0.717, 1.165) is 35.0 Å². The maximum atomic E-state index is 13.0. The Bertz CT molecular complexity index is 762. The molecule has 24 heavy (non-hydrogen) atoms. The van der Waals surface area contributed by atoms with E-state index >= 15 is 0 Å². The molecule has 2 aromatic rings. The first-order chi connectivity index (χ1) is 11.6. The van der Waals surface area contributed by atoms with E-state index in [1.54, 1.807) is 4.90 Å². The van der Waals surface area contributed by atoms with Gasteiger partial charge in [0.25, 0.3) is 0 Å². The molecule has 1 saturated carbocycles. The van der Waals surface area contributed by atoms with Crippen LogP contribution in [0.25, 0.3) is 5.69 Å². The summed E-state index contributed by atoms with van der Waals surface area (Å²) in [5.41, 5.74) is -0.290. The van der Waals surface area contributed by atoms with Gasteiger partial charge in [0.1, 0.15) is 5.82 Å². The van der Waals surface area contributed by atoms with Gasteiger partial charge in [-0.05, 0) is 54.5 Å². The highest BCUT2D eigenvalue weighted by molar-refractivity contribution is 5.75. The molecule has 1 heterocycles. The molecule has 0 aliphatic heterocycles. The van der Waals surface area contributed by atoms with Crippen LogP contribution in [-0.4, -0.2) is 43.3 Å². The summed E-state index contributed by atoms with van der Waals surface area (Å²) in [7, 11) is 0. The number of benzene rings is 1. The van der Waals surface area contributed by atoms with Crippen LogP contribution in [0.5, 0.6) is 0 Å². The molecule has 0 unspecified atom stereocenters. The van der Waals surface area contributed by atoms with Crippen molar-refractivity contribution in [2.24, 2.45) is 0 Å². The Kier molecular flexibility index (Phi) is 4.73. The van der Waals surface area contributed by atoms with Gasteiger partial charge in [0.05, 0.1) is 5.69 Å². The smallest absolute Gasteiger partial charge is 0.320 e. The molecule has 0 N–H and O–H groups in total. The molecule has 128 valence electrons. The fourth-order valence-corrected chi connectivity index (χ4v) is 3.17. The van der Waals surface area contributed by atoms with Crippen LogP contribution < -0.4 is 5.69 Å². The van der Waals surface area contributed by atoms with Crippen molar-refractivity contribution >= 4 is 6.03 Å². The monoisotopic (exact) mass is 333 g/mol. The Balaban J connectivity index is 1.87. The van der Waals surface area contributed by atoms with E-state index in [0.29, 0.717) is 12.2 Å². The van der Waals surface area contributed by atoms with Gasteiger partial charge in [0.2, 0.25) is 0 Å². The number of aromatic nitrogens is 4. The molecule has 0 radical (unpaired) electrons. The molecule has 8 heteroatoms. The number of hydrogen-bond acceptors (Lipinski definition) is 4. The highest BCUT2D eigenvalue weighted by Crippen LogP contribution is 2.22. The average molecular weight is 333 g/mol. The van der Waals surface area contributed by atoms with Crippen molar-refractivity contribution in [3.8, 4) is 5.69 Å². The topological polar surface area (TPSA) is 73.0 Å². The van der Waals surface area contributed by atoms with Gasteiger partial charge in [-0.25, -0.2) is 14.0 Å². The minimum Gasteiger partial charge on any atom is -0.320 e. The molecule has 0 atom stereocenters. The third kappa shape index (κ3) is 3.08. The van der Waals surface area contributed by atoms with Gasteiger partial charge < -0.3 is 4.90 Å². The van der Waals surface area contributed by atoms with E-state index in [9.17, 15) is 14.0 Å². The second kappa shape index (κ2) is 6.94. The average Bonchev–Trinajstić information content (AvgIpc) is 2.99. The molecule has 1 aliphatic rings. The van der Waals surface area contributed by atoms with E-state index in [2.05, 4.69) is 10.4 Å². The Morgan fingerprint density at radius 2 is 1.88 bits per heavy atom. The van der Waals surface area contributed by atoms with E-state index in [1.165, 1.54) is 30.7 Å². The summed E-state index contributed by atoms with van der Waals surface area (Å²) in [6.45, 7) is 2.40. The van der Waals surface area contributed by atoms with Crippen LogP contribution in [0.2, 0.25) is 0 Å². The van der Waals surface area contributed by atoms with Crippen molar-refractivity contribution in [3.05, 3.63) is 40.6 Å². The molecule has 1 aromatic heterocycles. The third-order valence-corrected chi connectivity index (χ3v) is 4.44. The molecular formula is C16H20FN5O2. The molecule has 1 fully saturated rings. The fraction of sp³-hybridized carbons (Fsp3) is 0.500. The Morgan fingerprint density at radius 1 is 1.21 bits per heavy atom. The normalized spacial score (nSPS) is 15.4. The highest BCUT2D eigenvalue weighted by atomic mass is 19.1. The number of rotatable bonds is 3. The number of tetrazole rings is 1. The van der Waals surface area contributed by atoms with Gasteiger partial charge in [0, 0.05) is 12.6 Å². The number of carbonyl (C=O) groups is 1. The second-order valence-electron chi connectivity index (χ2n) is 5.92. The van der Waals surface area contributed by atoms with Gasteiger partial charge in [-0.1, -0.05) is 19.3 Å². The zero-order valence-corrected chi connectivity index (χ0v) is 13.6. The van der Waals surface area contributed by atoms with E-state index in [-0.39, 0.29) is 6.04 Å². The first-order valence-electron chi connectivity index (χ1n) is 8.23. The number of amides is 1. The zero-order valence-electron chi connectivity index (χ0n) is 13.6. The van der Waals surface area contributed by atoms with E-state index < -0.39 is 17.5 Å². The number of carbonyl (C=O) groups excluding carboxylic acids is 1. The summed E-state index contributed by atoms with van der Waals surface area (Å²) in [6.07, 6.45) is 5.25. The van der Waals surface area contributed by atoms with Gasteiger partial charge in [0.15, 0.2) is 0 Å². The third-order valence-electron chi connectivity index (χ3n) is 4.44. The van der Waals surface area contributed by atoms with Crippen LogP contribution in [0.4, 0.5) is 9.18 Å². The lowest BCUT2D eigenvalue weighted by atomic mass is 9.94. The molecule has 0 bridgehead atoms. The highest BCUT2D eigenvalue weighted by Gasteiger charge is 2.27. The summed E-state index contributed by atoms with van der Waals surface area (Å²) >= 11 is 0. The van der Waals surface area contributed by atoms with Crippen LogP contribution >= 0.6 is 0 Å². The maximum absolute atomic E-state index is 13.0. The number of hydrogen-bond donors (Lipinski definition) is 0. The van der Waals surface area contributed by atoms with Gasteiger partial charge in [-0.2, -0.15) is 4.68 Å². The Labute approximate surface area is 138 Å². The standard InChI is InChI=1S/C16H20FN5O2/c1-2-20(13-6-4-3-5-7-13)15(23)22-16(24)21(18-19-22)14-10-8-12(17)9-11-14/h8-11,13H,2-7H2,1H3. The van der Waals surface area contributed by atoms with Crippen molar-refractivity contribution < 1.29 is 9.18 Å². The molecule has 0 saturated heterocycles. The van der Waals surface area contributed by atoms with Crippen molar-refractivity contribution in [2.75, 3.05) is 6.54 Å². The quantitative estimate of drug-likeness (QED) is 0.807. The summed E-state index contributed by atoms with van der Waals surface area (Å²) in [6, 6.07) is 4.96. The molecule has 1 aliphatic carbocycles. The minimum absolute atomic E-state index is 0.138. The van der Waals surface area contributed by atoms with Crippen molar-refractivity contribution in [1.82, 2.24) is 24.7 Å². The van der Waals surface area contributed by atoms with Crippen LogP contribution in [0.1, 0.15) is 39.0 Å². The summed E-state index contributed by atoms with van der Waals surface area (Å²) in [4.78, 5) is 26.9. The van der Waals surface area contributed by atoms with E-state index in [1.807, 2.05) is 6.92 Å². The number of nitrogens with zero attached hydrogens (tertiary/aromatic N) is 5. The summed E-state index contributed by atoms with van der Waals surface area (Å²) < 4.78 is 14.8. The molecule has 3 rings (SSSR count). The Morgan fingerprint density at radius 3 is 2.50 bits per heavy atom. The first kappa shape index (κ1) is 16.4. The predicted molar refractivity (Wildman–Crippen MR) is 85.6 cm³/mol. The van der Waals surface area contributed by atoms with Crippen LogP contribution in [-0.2, 0) is 0 Å². The SMILES string of the molecule is CCN(C(=O)n1nnn(-c2ccc(F)cc2)c1=O)C1CCCCC1. The predicted octanol–water partition coefficient (Wildman–Crippen LogP) is 2.19. The lowest BCUT2D eigenvalue weighted by molar-refractivity contribution is 0.157. The largest absolute Gasteiger partial charge is 0.377 e. The van der Waals surface area contributed by atoms with Crippen LogP contribution in [0.3, 0.4) is 0 Å². The van der Waals surface area contributed by atoms with Crippen molar-refractivity contribution in [3.63, 3.8) is 0 Å². The fourth-order valence-electron chi connectivity index (χ4n) is 3.17. The Hall–Kier alpha value is -2.51. The maximum Gasteiger partial charge on any atom is 0.377 e. The lowest BCUT2D eigenvalue weighted by Crippen LogP contribution is -2.46. The van der Waals surface area contributed by atoms with Crippen molar-refractivity contribution in [2.45, 2.75) is 45.1 Å². The molecule has 1 aromatic carbocycles.